The van der Waals surface area contributed by atoms with Crippen molar-refractivity contribution in [3.8, 4) is 17.3 Å². The van der Waals surface area contributed by atoms with Gasteiger partial charge in [-0.05, 0) is 55.5 Å². The standard InChI is InChI=1S/C25H23ClFN3O4/c1-17-22(16-29(12-14-32-2)24(31)23-7-4-13-33-23)25(34-21-6-3-5-19(27)15-21)30(28-17)20-10-8-18(26)9-11-20/h3-11,13,15H,12,14,16H2,1-2H3. The molecule has 7 nitrogen and oxygen atoms in total. The zero-order chi connectivity index (χ0) is 24.1. The summed E-state index contributed by atoms with van der Waals surface area (Å²) in [4.78, 5) is 14.7. The molecule has 0 fully saturated rings. The Kier molecular flexibility index (Phi) is 7.30. The fourth-order valence-corrected chi connectivity index (χ4v) is 3.55. The van der Waals surface area contributed by atoms with E-state index in [0.29, 0.717) is 46.7 Å². The number of hydrogen-bond acceptors (Lipinski definition) is 5. The zero-order valence-electron chi connectivity index (χ0n) is 18.7. The van der Waals surface area contributed by atoms with Crippen LogP contribution in [0.5, 0.6) is 11.6 Å². The largest absolute Gasteiger partial charge is 0.459 e. The lowest BCUT2D eigenvalue weighted by molar-refractivity contribution is 0.0648. The second kappa shape index (κ2) is 10.5. The molecule has 0 spiro atoms. The van der Waals surface area contributed by atoms with Gasteiger partial charge in [0, 0.05) is 24.7 Å². The number of rotatable bonds is 9. The highest BCUT2D eigenvalue weighted by molar-refractivity contribution is 6.30. The molecule has 34 heavy (non-hydrogen) atoms. The number of methoxy groups -OCH3 is 1. The number of carbonyl (C=O) groups is 1. The lowest BCUT2D eigenvalue weighted by Crippen LogP contribution is -2.33. The lowest BCUT2D eigenvalue weighted by Gasteiger charge is -2.22. The maximum atomic E-state index is 13.9. The number of aromatic nitrogens is 2. The first-order valence-electron chi connectivity index (χ1n) is 10.6. The maximum absolute atomic E-state index is 13.9. The third-order valence-corrected chi connectivity index (χ3v) is 5.40. The Hall–Kier alpha value is -3.62. The summed E-state index contributed by atoms with van der Waals surface area (Å²) in [6.07, 6.45) is 1.45. The molecule has 9 heteroatoms. The van der Waals surface area contributed by atoms with E-state index in [1.54, 1.807) is 65.2 Å². The molecule has 4 aromatic rings. The third-order valence-electron chi connectivity index (χ3n) is 5.15. The van der Waals surface area contributed by atoms with Crippen molar-refractivity contribution in [3.63, 3.8) is 0 Å². The number of carbonyl (C=O) groups excluding carboxylic acids is 1. The molecule has 0 saturated carbocycles. The summed E-state index contributed by atoms with van der Waals surface area (Å²) in [7, 11) is 1.57. The van der Waals surface area contributed by atoms with Crippen LogP contribution in [0.3, 0.4) is 0 Å². The van der Waals surface area contributed by atoms with Gasteiger partial charge in [0.2, 0.25) is 5.88 Å². The molecule has 0 bridgehead atoms. The van der Waals surface area contributed by atoms with Crippen LogP contribution in [0.25, 0.3) is 5.69 Å². The molecule has 0 aliphatic heterocycles. The normalized spacial score (nSPS) is 10.9. The highest BCUT2D eigenvalue weighted by Crippen LogP contribution is 2.32. The van der Waals surface area contributed by atoms with Gasteiger partial charge >= 0.3 is 0 Å². The van der Waals surface area contributed by atoms with Gasteiger partial charge < -0.3 is 18.8 Å². The van der Waals surface area contributed by atoms with Crippen LogP contribution < -0.4 is 4.74 Å². The van der Waals surface area contributed by atoms with Gasteiger partial charge in [0.25, 0.3) is 5.91 Å². The molecule has 0 saturated heterocycles. The Bertz CT molecular complexity index is 1260. The molecule has 2 heterocycles. The SMILES string of the molecule is COCCN(Cc1c(C)nn(-c2ccc(Cl)cc2)c1Oc1cccc(F)c1)C(=O)c1ccco1. The summed E-state index contributed by atoms with van der Waals surface area (Å²) >= 11 is 6.06. The number of ether oxygens (including phenoxy) is 2. The molecule has 176 valence electrons. The van der Waals surface area contributed by atoms with Gasteiger partial charge in [0.1, 0.15) is 11.6 Å². The van der Waals surface area contributed by atoms with E-state index < -0.39 is 5.82 Å². The van der Waals surface area contributed by atoms with Gasteiger partial charge in [-0.2, -0.15) is 5.10 Å². The number of amides is 1. The molecular formula is C25H23ClFN3O4. The van der Waals surface area contributed by atoms with Crippen LogP contribution in [0.2, 0.25) is 5.02 Å². The van der Waals surface area contributed by atoms with E-state index in [2.05, 4.69) is 5.10 Å². The van der Waals surface area contributed by atoms with Crippen molar-refractivity contribution < 1.29 is 23.1 Å². The molecule has 0 N–H and O–H groups in total. The number of halogens is 2. The predicted octanol–water partition coefficient (Wildman–Crippen LogP) is 5.65. The Morgan fingerprint density at radius 3 is 2.65 bits per heavy atom. The highest BCUT2D eigenvalue weighted by atomic mass is 35.5. The van der Waals surface area contributed by atoms with E-state index >= 15 is 0 Å². The zero-order valence-corrected chi connectivity index (χ0v) is 19.5. The molecule has 0 atom stereocenters. The van der Waals surface area contributed by atoms with Crippen LogP contribution in [0.4, 0.5) is 4.39 Å². The highest BCUT2D eigenvalue weighted by Gasteiger charge is 2.25. The second-order valence-electron chi connectivity index (χ2n) is 7.51. The van der Waals surface area contributed by atoms with Crippen molar-refractivity contribution in [3.05, 3.63) is 94.8 Å². The fourth-order valence-electron chi connectivity index (χ4n) is 3.43. The van der Waals surface area contributed by atoms with Crippen LogP contribution in [0.1, 0.15) is 21.8 Å². The average Bonchev–Trinajstić information content (AvgIpc) is 3.46. The molecule has 0 unspecified atom stereocenters. The molecule has 2 aromatic heterocycles. The van der Waals surface area contributed by atoms with Crippen molar-refractivity contribution >= 4 is 17.5 Å². The van der Waals surface area contributed by atoms with Crippen molar-refractivity contribution in [1.29, 1.82) is 0 Å². The predicted molar refractivity (Wildman–Crippen MR) is 125 cm³/mol. The molecule has 0 aliphatic carbocycles. The average molecular weight is 484 g/mol. The van der Waals surface area contributed by atoms with Gasteiger partial charge in [-0.3, -0.25) is 4.79 Å². The summed E-state index contributed by atoms with van der Waals surface area (Å²) in [5, 5.41) is 5.23. The summed E-state index contributed by atoms with van der Waals surface area (Å²) in [5.41, 5.74) is 2.01. The van der Waals surface area contributed by atoms with E-state index in [4.69, 9.17) is 25.5 Å². The number of benzene rings is 2. The van der Waals surface area contributed by atoms with Gasteiger partial charge in [0.05, 0.1) is 36.4 Å². The van der Waals surface area contributed by atoms with Gasteiger partial charge in [-0.25, -0.2) is 9.07 Å². The lowest BCUT2D eigenvalue weighted by atomic mass is 10.2. The van der Waals surface area contributed by atoms with Crippen molar-refractivity contribution in [1.82, 2.24) is 14.7 Å². The minimum absolute atomic E-state index is 0.174. The molecular weight excluding hydrogens is 461 g/mol. The first-order chi connectivity index (χ1) is 16.5. The fraction of sp³-hybridized carbons (Fsp3) is 0.200. The van der Waals surface area contributed by atoms with E-state index in [-0.39, 0.29) is 18.2 Å². The Morgan fingerprint density at radius 2 is 1.97 bits per heavy atom. The summed E-state index contributed by atoms with van der Waals surface area (Å²) < 4.78 is 32.1. The van der Waals surface area contributed by atoms with Crippen LogP contribution in [0, 0.1) is 12.7 Å². The van der Waals surface area contributed by atoms with Crippen molar-refractivity contribution in [2.45, 2.75) is 13.5 Å². The van der Waals surface area contributed by atoms with E-state index in [0.717, 1.165) is 0 Å². The Labute approximate surface area is 201 Å². The van der Waals surface area contributed by atoms with Gasteiger partial charge in [-0.1, -0.05) is 17.7 Å². The molecule has 0 radical (unpaired) electrons. The first kappa shape index (κ1) is 23.5. The quantitative estimate of drug-likeness (QED) is 0.308. The van der Waals surface area contributed by atoms with E-state index in [9.17, 15) is 9.18 Å². The number of aryl methyl sites for hydroxylation is 1. The molecule has 1 amide bonds. The summed E-state index contributed by atoms with van der Waals surface area (Å²) in [5.74, 6) is 0.157. The number of nitrogens with zero attached hydrogens (tertiary/aromatic N) is 3. The minimum Gasteiger partial charge on any atom is -0.459 e. The van der Waals surface area contributed by atoms with Crippen molar-refractivity contribution in [2.75, 3.05) is 20.3 Å². The van der Waals surface area contributed by atoms with E-state index in [1.807, 2.05) is 6.92 Å². The third kappa shape index (κ3) is 5.30. The van der Waals surface area contributed by atoms with Crippen LogP contribution in [-0.2, 0) is 11.3 Å². The number of furan rings is 1. The minimum atomic E-state index is -0.428. The smallest absolute Gasteiger partial charge is 0.289 e. The van der Waals surface area contributed by atoms with Gasteiger partial charge in [-0.15, -0.1) is 0 Å². The van der Waals surface area contributed by atoms with Crippen LogP contribution >= 0.6 is 11.6 Å². The van der Waals surface area contributed by atoms with Crippen molar-refractivity contribution in [2.24, 2.45) is 0 Å². The van der Waals surface area contributed by atoms with Crippen LogP contribution in [0.15, 0.2) is 71.3 Å². The van der Waals surface area contributed by atoms with Gasteiger partial charge in [0.15, 0.2) is 5.76 Å². The topological polar surface area (TPSA) is 69.7 Å². The van der Waals surface area contributed by atoms with E-state index in [1.165, 1.54) is 18.4 Å². The molecule has 2 aromatic carbocycles. The summed E-state index contributed by atoms with van der Waals surface area (Å²) in [6, 6.07) is 16.2. The monoisotopic (exact) mass is 483 g/mol. The van der Waals surface area contributed by atoms with Crippen LogP contribution in [-0.4, -0.2) is 40.8 Å². The number of hydrogen-bond donors (Lipinski definition) is 0. The Balaban J connectivity index is 1.76. The first-order valence-corrected chi connectivity index (χ1v) is 10.9. The Morgan fingerprint density at radius 1 is 1.18 bits per heavy atom. The molecule has 4 rings (SSSR count). The summed E-state index contributed by atoms with van der Waals surface area (Å²) in [6.45, 7) is 2.65. The second-order valence-corrected chi connectivity index (χ2v) is 7.95. The maximum Gasteiger partial charge on any atom is 0.289 e. The molecule has 0 aliphatic rings.